The number of anilines is 2. The van der Waals surface area contributed by atoms with Crippen molar-refractivity contribution in [2.45, 2.75) is 0 Å². The van der Waals surface area contributed by atoms with E-state index in [-0.39, 0.29) is 0 Å². The van der Waals surface area contributed by atoms with E-state index in [2.05, 4.69) is 10.6 Å². The third kappa shape index (κ3) is 3.49. The third-order valence-corrected chi connectivity index (χ3v) is 2.60. The highest BCUT2D eigenvalue weighted by atomic mass is 32.1. The van der Waals surface area contributed by atoms with Gasteiger partial charge in [-0.15, -0.1) is 0 Å². The molecule has 2 N–H and O–H groups in total. The lowest BCUT2D eigenvalue weighted by Gasteiger charge is -2.08. The van der Waals surface area contributed by atoms with Gasteiger partial charge in [-0.1, -0.05) is 0 Å². The molecule has 0 unspecified atom stereocenters. The first-order valence-electron chi connectivity index (χ1n) is 5.62. The average molecular weight is 260 g/mol. The van der Waals surface area contributed by atoms with E-state index in [0.29, 0.717) is 5.11 Å². The van der Waals surface area contributed by atoms with Gasteiger partial charge in [0, 0.05) is 12.1 Å². The minimum absolute atomic E-state index is 0.576. The van der Waals surface area contributed by atoms with Crippen LogP contribution in [0.25, 0.3) is 0 Å². The quantitative estimate of drug-likeness (QED) is 0.627. The molecule has 0 aliphatic rings. The summed E-state index contributed by atoms with van der Waals surface area (Å²) in [5.74, 6) is 0. The number of rotatable bonds is 2. The van der Waals surface area contributed by atoms with E-state index >= 15 is 0 Å². The number of hydrogen-bond acceptors (Lipinski definition) is 1. The van der Waals surface area contributed by atoms with Crippen molar-refractivity contribution in [3.8, 4) is 0 Å². The van der Waals surface area contributed by atoms with Crippen molar-refractivity contribution in [3.63, 3.8) is 0 Å². The molecule has 92 valence electrons. The van der Waals surface area contributed by atoms with Crippen LogP contribution in [0.2, 0.25) is 0 Å². The lowest BCUT2D eigenvalue weighted by molar-refractivity contribution is -0.670. The minimum atomic E-state index is 0.576. The predicted molar refractivity (Wildman–Crippen MR) is 75.1 cm³/mol. The molecule has 0 fully saturated rings. The van der Waals surface area contributed by atoms with Gasteiger partial charge >= 0.3 is 0 Å². The number of nitrogens with zero attached hydrogens (tertiary/aromatic N) is 2. The molecule has 2 rings (SSSR count). The second-order valence-electron chi connectivity index (χ2n) is 4.10. The fraction of sp³-hybridized carbons (Fsp3) is 0.154. The number of pyridine rings is 2. The maximum atomic E-state index is 5.26. The van der Waals surface area contributed by atoms with Gasteiger partial charge in [-0.25, -0.2) is 9.13 Å². The fourth-order valence-electron chi connectivity index (χ4n) is 1.62. The first kappa shape index (κ1) is 12.4. The zero-order valence-electron chi connectivity index (χ0n) is 10.4. The van der Waals surface area contributed by atoms with E-state index in [1.165, 1.54) is 0 Å². The molecule has 0 aromatic carbocycles. The Balaban J connectivity index is 2.01. The van der Waals surface area contributed by atoms with E-state index in [1.807, 2.05) is 72.3 Å². The lowest BCUT2D eigenvalue weighted by Crippen LogP contribution is -2.30. The molecule has 2 heterocycles. The Morgan fingerprint density at radius 1 is 0.944 bits per heavy atom. The van der Waals surface area contributed by atoms with Gasteiger partial charge in [-0.2, -0.15) is 0 Å². The summed E-state index contributed by atoms with van der Waals surface area (Å²) >= 11 is 5.26. The van der Waals surface area contributed by atoms with Crippen molar-refractivity contribution < 1.29 is 9.13 Å². The summed E-state index contributed by atoms with van der Waals surface area (Å²) < 4.78 is 3.93. The molecule has 0 bridgehead atoms. The Labute approximate surface area is 112 Å². The Morgan fingerprint density at radius 2 is 1.39 bits per heavy atom. The average Bonchev–Trinajstić information content (AvgIpc) is 2.28. The van der Waals surface area contributed by atoms with E-state index in [0.717, 1.165) is 11.4 Å². The number of aryl methyl sites for hydroxylation is 2. The topological polar surface area (TPSA) is 31.8 Å². The second-order valence-corrected chi connectivity index (χ2v) is 4.50. The molecule has 0 amide bonds. The number of nitrogens with one attached hydrogen (secondary N) is 2. The van der Waals surface area contributed by atoms with Gasteiger partial charge in [-0.3, -0.25) is 0 Å². The zero-order valence-corrected chi connectivity index (χ0v) is 11.2. The summed E-state index contributed by atoms with van der Waals surface area (Å²) in [7, 11) is 3.94. The van der Waals surface area contributed by atoms with Crippen molar-refractivity contribution in [3.05, 3.63) is 49.1 Å². The Kier molecular flexibility index (Phi) is 3.84. The van der Waals surface area contributed by atoms with Gasteiger partial charge in [0.05, 0.1) is 0 Å². The van der Waals surface area contributed by atoms with Gasteiger partial charge in [-0.05, 0) is 24.4 Å². The molecule has 2 aromatic rings. The zero-order chi connectivity index (χ0) is 13.0. The number of thiocarbonyl (C=S) groups is 1. The molecule has 5 heteroatoms. The largest absolute Gasteiger partial charge is 0.328 e. The van der Waals surface area contributed by atoms with E-state index in [9.17, 15) is 0 Å². The fourth-order valence-corrected chi connectivity index (χ4v) is 1.85. The smallest absolute Gasteiger partial charge is 0.192 e. The summed E-state index contributed by atoms with van der Waals surface area (Å²) in [5, 5.41) is 6.86. The maximum Gasteiger partial charge on any atom is 0.192 e. The van der Waals surface area contributed by atoms with Crippen LogP contribution < -0.4 is 19.8 Å². The third-order valence-electron chi connectivity index (χ3n) is 2.40. The van der Waals surface area contributed by atoms with Crippen LogP contribution in [0.1, 0.15) is 0 Å². The normalized spacial score (nSPS) is 9.89. The molecule has 2 aromatic heterocycles. The summed E-state index contributed by atoms with van der Waals surface area (Å²) in [6.45, 7) is 0. The molecule has 4 nitrogen and oxygen atoms in total. The van der Waals surface area contributed by atoms with Crippen LogP contribution in [0.15, 0.2) is 49.1 Å². The van der Waals surface area contributed by atoms with E-state index in [1.54, 1.807) is 0 Å². The second kappa shape index (κ2) is 5.55. The maximum absolute atomic E-state index is 5.26. The molecular formula is C13H16N4S+2. The van der Waals surface area contributed by atoms with E-state index < -0.39 is 0 Å². The van der Waals surface area contributed by atoms with Gasteiger partial charge in [0.1, 0.15) is 25.5 Å². The number of hydrogen-bond donors (Lipinski definition) is 2. The summed E-state index contributed by atoms with van der Waals surface area (Å²) in [6, 6.07) is 7.87. The highest BCUT2D eigenvalue weighted by molar-refractivity contribution is 7.80. The molecule has 0 radical (unpaired) electrons. The standard InChI is InChI=1S/C13H15N4S/c1-16-7-3-5-11(9-16)14-13(18)15-12-6-4-8-17(2)10-12/h3-10H,1-2H3,(H-,14,15,18)/q+1/p+1. The van der Waals surface area contributed by atoms with E-state index in [4.69, 9.17) is 12.2 Å². The van der Waals surface area contributed by atoms with Crippen molar-refractivity contribution in [1.82, 2.24) is 0 Å². The minimum Gasteiger partial charge on any atom is -0.328 e. The molecular weight excluding hydrogens is 244 g/mol. The van der Waals surface area contributed by atoms with Crippen molar-refractivity contribution in [2.24, 2.45) is 14.1 Å². The predicted octanol–water partition coefficient (Wildman–Crippen LogP) is 1.14. The van der Waals surface area contributed by atoms with Crippen LogP contribution in [0, 0.1) is 0 Å². The van der Waals surface area contributed by atoms with Crippen LogP contribution >= 0.6 is 12.2 Å². The number of aromatic nitrogens is 2. The first-order valence-corrected chi connectivity index (χ1v) is 6.03. The first-order chi connectivity index (χ1) is 8.63. The van der Waals surface area contributed by atoms with Gasteiger partial charge in [0.25, 0.3) is 0 Å². The van der Waals surface area contributed by atoms with Crippen LogP contribution in [0.5, 0.6) is 0 Å². The molecule has 0 aliphatic carbocycles. The van der Waals surface area contributed by atoms with Gasteiger partial charge in [0.2, 0.25) is 0 Å². The molecule has 0 atom stereocenters. The Hall–Kier alpha value is -2.01. The molecule has 0 aliphatic heterocycles. The van der Waals surface area contributed by atoms with Gasteiger partial charge in [0.15, 0.2) is 29.9 Å². The SMILES string of the molecule is C[n+]1cccc(NC(=S)Nc2ccc[n+](C)c2)c1. The Bertz CT molecular complexity index is 519. The van der Waals surface area contributed by atoms with Gasteiger partial charge < -0.3 is 10.6 Å². The van der Waals surface area contributed by atoms with Crippen LogP contribution in [0.4, 0.5) is 11.4 Å². The van der Waals surface area contributed by atoms with Crippen LogP contribution in [-0.4, -0.2) is 5.11 Å². The Morgan fingerprint density at radius 3 is 1.78 bits per heavy atom. The summed E-state index contributed by atoms with van der Waals surface area (Å²) in [5.41, 5.74) is 1.91. The lowest BCUT2D eigenvalue weighted by atomic mass is 10.4. The highest BCUT2D eigenvalue weighted by Gasteiger charge is 2.03. The van der Waals surface area contributed by atoms with Crippen molar-refractivity contribution in [1.29, 1.82) is 0 Å². The monoisotopic (exact) mass is 260 g/mol. The molecule has 0 saturated heterocycles. The summed E-state index contributed by atoms with van der Waals surface area (Å²) in [4.78, 5) is 0. The summed E-state index contributed by atoms with van der Waals surface area (Å²) in [6.07, 6.45) is 7.88. The molecule has 0 spiro atoms. The van der Waals surface area contributed by atoms with Crippen LogP contribution in [-0.2, 0) is 14.1 Å². The highest BCUT2D eigenvalue weighted by Crippen LogP contribution is 2.05. The van der Waals surface area contributed by atoms with Crippen molar-refractivity contribution >= 4 is 28.7 Å². The molecule has 18 heavy (non-hydrogen) atoms. The van der Waals surface area contributed by atoms with Crippen molar-refractivity contribution in [2.75, 3.05) is 10.6 Å². The van der Waals surface area contributed by atoms with Crippen LogP contribution in [0.3, 0.4) is 0 Å². The molecule has 0 saturated carbocycles.